The minimum Gasteiger partial charge on any atom is -0.383 e. The van der Waals surface area contributed by atoms with Gasteiger partial charge in [0.2, 0.25) is 11.8 Å². The average Bonchev–Trinajstić information content (AvgIpc) is 3.07. The normalized spacial score (nSPS) is 23.2. The maximum Gasteiger partial charge on any atom is 0.224 e. The van der Waals surface area contributed by atoms with E-state index in [9.17, 15) is 4.79 Å². The first-order valence-electron chi connectivity index (χ1n) is 9.68. The maximum atomic E-state index is 12.3. The third kappa shape index (κ3) is 5.25. The minimum atomic E-state index is 0.112. The Morgan fingerprint density at radius 3 is 2.81 bits per heavy atom. The van der Waals surface area contributed by atoms with Gasteiger partial charge in [-0.3, -0.25) is 14.6 Å². The van der Waals surface area contributed by atoms with Crippen LogP contribution in [0.2, 0.25) is 0 Å². The Labute approximate surface area is 155 Å². The standard InChI is InChI=1S/C18H31N5O3/c1-14-20-17(21-26-14)13-22-9-5-16(6-10-22)23-8-3-4-15(12-23)18(24)19-7-11-25-2/h15-16H,3-13H2,1-2H3,(H,19,24)/t15-/m0/s1. The molecule has 26 heavy (non-hydrogen) atoms. The van der Waals surface area contributed by atoms with Crippen molar-refractivity contribution in [1.29, 1.82) is 0 Å². The van der Waals surface area contributed by atoms with Crippen molar-refractivity contribution < 1.29 is 14.1 Å². The minimum absolute atomic E-state index is 0.112. The van der Waals surface area contributed by atoms with Crippen LogP contribution in [-0.4, -0.2) is 78.3 Å². The second kappa shape index (κ2) is 9.43. The Hall–Kier alpha value is -1.51. The number of methoxy groups -OCH3 is 1. The fourth-order valence-corrected chi connectivity index (χ4v) is 4.02. The number of amides is 1. The topological polar surface area (TPSA) is 83.7 Å². The quantitative estimate of drug-likeness (QED) is 0.716. The summed E-state index contributed by atoms with van der Waals surface area (Å²) in [5.41, 5.74) is 0. The molecule has 0 radical (unpaired) electrons. The van der Waals surface area contributed by atoms with Gasteiger partial charge in [-0.05, 0) is 32.2 Å². The van der Waals surface area contributed by atoms with Gasteiger partial charge in [-0.15, -0.1) is 0 Å². The summed E-state index contributed by atoms with van der Waals surface area (Å²) in [6.45, 7) is 7.82. The molecule has 2 saturated heterocycles. The molecule has 0 aliphatic carbocycles. The van der Waals surface area contributed by atoms with Gasteiger partial charge >= 0.3 is 0 Å². The molecule has 2 aliphatic rings. The fourth-order valence-electron chi connectivity index (χ4n) is 4.02. The fraction of sp³-hybridized carbons (Fsp3) is 0.833. The number of hydrogen-bond acceptors (Lipinski definition) is 7. The molecular weight excluding hydrogens is 334 g/mol. The number of piperidine rings is 2. The van der Waals surface area contributed by atoms with Crippen LogP contribution in [0, 0.1) is 12.8 Å². The maximum absolute atomic E-state index is 12.3. The highest BCUT2D eigenvalue weighted by molar-refractivity contribution is 5.78. The Morgan fingerprint density at radius 1 is 1.31 bits per heavy atom. The number of aryl methyl sites for hydroxylation is 1. The van der Waals surface area contributed by atoms with E-state index in [0.717, 1.165) is 64.2 Å². The van der Waals surface area contributed by atoms with Crippen molar-refractivity contribution in [3.63, 3.8) is 0 Å². The van der Waals surface area contributed by atoms with E-state index < -0.39 is 0 Å². The van der Waals surface area contributed by atoms with Crippen LogP contribution in [0.1, 0.15) is 37.4 Å². The highest BCUT2D eigenvalue weighted by Crippen LogP contribution is 2.24. The molecule has 1 atom stereocenters. The first-order valence-corrected chi connectivity index (χ1v) is 9.68. The van der Waals surface area contributed by atoms with E-state index in [-0.39, 0.29) is 11.8 Å². The van der Waals surface area contributed by atoms with Crippen LogP contribution in [0.15, 0.2) is 4.52 Å². The van der Waals surface area contributed by atoms with Gasteiger partial charge in [0.1, 0.15) is 0 Å². The molecule has 0 aromatic carbocycles. The van der Waals surface area contributed by atoms with Crippen molar-refractivity contribution >= 4 is 5.91 Å². The van der Waals surface area contributed by atoms with Crippen molar-refractivity contribution in [2.24, 2.45) is 5.92 Å². The highest BCUT2D eigenvalue weighted by atomic mass is 16.5. The summed E-state index contributed by atoms with van der Waals surface area (Å²) in [4.78, 5) is 21.5. The highest BCUT2D eigenvalue weighted by Gasteiger charge is 2.31. The van der Waals surface area contributed by atoms with E-state index >= 15 is 0 Å². The number of rotatable bonds is 7. The third-order valence-electron chi connectivity index (χ3n) is 5.44. The lowest BCUT2D eigenvalue weighted by molar-refractivity contribution is -0.127. The smallest absolute Gasteiger partial charge is 0.224 e. The monoisotopic (exact) mass is 365 g/mol. The average molecular weight is 365 g/mol. The SMILES string of the molecule is COCCNC(=O)[C@H]1CCCN(C2CCN(Cc3noc(C)n3)CC2)C1. The summed E-state index contributed by atoms with van der Waals surface area (Å²) in [5.74, 6) is 1.68. The summed E-state index contributed by atoms with van der Waals surface area (Å²) in [5, 5.41) is 6.98. The van der Waals surface area contributed by atoms with Gasteiger partial charge in [-0.1, -0.05) is 5.16 Å². The summed E-state index contributed by atoms with van der Waals surface area (Å²) in [7, 11) is 1.65. The molecule has 8 nitrogen and oxygen atoms in total. The van der Waals surface area contributed by atoms with Crippen molar-refractivity contribution in [1.82, 2.24) is 25.3 Å². The van der Waals surface area contributed by atoms with Crippen LogP contribution in [-0.2, 0) is 16.1 Å². The number of carbonyl (C=O) groups is 1. The van der Waals surface area contributed by atoms with Gasteiger partial charge in [0.25, 0.3) is 0 Å². The molecule has 2 aliphatic heterocycles. The van der Waals surface area contributed by atoms with Crippen molar-refractivity contribution in [3.05, 3.63) is 11.7 Å². The predicted octanol–water partition coefficient (Wildman–Crippen LogP) is 0.817. The van der Waals surface area contributed by atoms with Crippen molar-refractivity contribution in [2.45, 2.75) is 45.2 Å². The Morgan fingerprint density at radius 2 is 2.12 bits per heavy atom. The Bertz CT molecular complexity index is 571. The van der Waals surface area contributed by atoms with E-state index in [0.29, 0.717) is 25.1 Å². The molecule has 0 bridgehead atoms. The zero-order valence-electron chi connectivity index (χ0n) is 15.9. The molecule has 1 amide bonds. The van der Waals surface area contributed by atoms with Crippen LogP contribution in [0.5, 0.6) is 0 Å². The lowest BCUT2D eigenvalue weighted by atomic mass is 9.93. The van der Waals surface area contributed by atoms with Crippen LogP contribution < -0.4 is 5.32 Å². The summed E-state index contributed by atoms with van der Waals surface area (Å²) in [6, 6.07) is 0.577. The summed E-state index contributed by atoms with van der Waals surface area (Å²) in [6.07, 6.45) is 4.36. The van der Waals surface area contributed by atoms with Gasteiger partial charge in [0, 0.05) is 46.3 Å². The largest absolute Gasteiger partial charge is 0.383 e. The first-order chi connectivity index (χ1) is 12.7. The molecule has 0 saturated carbocycles. The summed E-state index contributed by atoms with van der Waals surface area (Å²) >= 11 is 0. The van der Waals surface area contributed by atoms with E-state index in [1.54, 1.807) is 7.11 Å². The van der Waals surface area contributed by atoms with E-state index in [1.807, 2.05) is 6.92 Å². The predicted molar refractivity (Wildman–Crippen MR) is 96.5 cm³/mol. The number of hydrogen-bond donors (Lipinski definition) is 1. The number of aromatic nitrogens is 2. The van der Waals surface area contributed by atoms with Crippen molar-refractivity contribution in [3.8, 4) is 0 Å². The molecular formula is C18H31N5O3. The molecule has 2 fully saturated rings. The summed E-state index contributed by atoms with van der Waals surface area (Å²) < 4.78 is 10.1. The molecule has 0 unspecified atom stereocenters. The van der Waals surface area contributed by atoms with E-state index in [4.69, 9.17) is 9.26 Å². The molecule has 3 heterocycles. The van der Waals surface area contributed by atoms with Gasteiger partial charge in [-0.25, -0.2) is 0 Å². The van der Waals surface area contributed by atoms with Crippen LogP contribution in [0.25, 0.3) is 0 Å². The van der Waals surface area contributed by atoms with Crippen LogP contribution in [0.4, 0.5) is 0 Å². The van der Waals surface area contributed by atoms with Gasteiger partial charge in [0.15, 0.2) is 5.82 Å². The van der Waals surface area contributed by atoms with Crippen molar-refractivity contribution in [2.75, 3.05) is 46.4 Å². The second-order valence-electron chi connectivity index (χ2n) is 7.35. The van der Waals surface area contributed by atoms with Gasteiger partial charge in [0.05, 0.1) is 19.1 Å². The second-order valence-corrected chi connectivity index (χ2v) is 7.35. The number of carbonyl (C=O) groups excluding carboxylic acids is 1. The first kappa shape index (κ1) is 19.3. The molecule has 3 rings (SSSR count). The molecule has 146 valence electrons. The number of nitrogens with one attached hydrogen (secondary N) is 1. The lowest BCUT2D eigenvalue weighted by Crippen LogP contribution is -2.50. The van der Waals surface area contributed by atoms with Crippen LogP contribution in [0.3, 0.4) is 0 Å². The number of likely N-dealkylation sites (tertiary alicyclic amines) is 2. The lowest BCUT2D eigenvalue weighted by Gasteiger charge is -2.41. The van der Waals surface area contributed by atoms with E-state index in [1.165, 1.54) is 0 Å². The Kier molecular flexibility index (Phi) is 6.99. The molecule has 1 aromatic heterocycles. The molecule has 1 aromatic rings. The molecule has 8 heteroatoms. The number of ether oxygens (including phenoxy) is 1. The van der Waals surface area contributed by atoms with E-state index in [2.05, 4.69) is 25.3 Å². The van der Waals surface area contributed by atoms with Gasteiger partial charge in [-0.2, -0.15) is 4.98 Å². The molecule has 1 N–H and O–H groups in total. The zero-order chi connectivity index (χ0) is 18.4. The molecule has 0 spiro atoms. The number of nitrogens with zero attached hydrogens (tertiary/aromatic N) is 4. The zero-order valence-corrected chi connectivity index (χ0v) is 15.9. The Balaban J connectivity index is 1.42. The third-order valence-corrected chi connectivity index (χ3v) is 5.44. The van der Waals surface area contributed by atoms with Gasteiger partial charge < -0.3 is 14.6 Å². The van der Waals surface area contributed by atoms with Crippen LogP contribution >= 0.6 is 0 Å².